The van der Waals surface area contributed by atoms with Crippen LogP contribution in [0.4, 0.5) is 5.69 Å². The Labute approximate surface area is 140 Å². The summed E-state index contributed by atoms with van der Waals surface area (Å²) in [6.45, 7) is 1.86. The van der Waals surface area contributed by atoms with Gasteiger partial charge in [0.05, 0.1) is 19.3 Å². The zero-order chi connectivity index (χ0) is 17.4. The molecule has 126 valence electrons. The van der Waals surface area contributed by atoms with E-state index >= 15 is 0 Å². The minimum absolute atomic E-state index is 0.177. The van der Waals surface area contributed by atoms with Crippen molar-refractivity contribution in [3.8, 4) is 11.5 Å². The van der Waals surface area contributed by atoms with Crippen molar-refractivity contribution in [2.24, 2.45) is 0 Å². The first kappa shape index (κ1) is 17.3. The lowest BCUT2D eigenvalue weighted by Gasteiger charge is -2.09. The molecule has 0 radical (unpaired) electrons. The van der Waals surface area contributed by atoms with Crippen molar-refractivity contribution in [1.29, 1.82) is 0 Å². The standard InChI is InChI=1S/C18H19NO5/c1-3-23-18(21)13-6-4-9-16(10-13)24-12-17(20)19-14-7-5-8-15(11-14)22-2/h4-11H,3,12H2,1-2H3,(H,19,20). The maximum atomic E-state index is 11.9. The van der Waals surface area contributed by atoms with E-state index in [9.17, 15) is 9.59 Å². The molecule has 1 amide bonds. The Hall–Kier alpha value is -3.02. The topological polar surface area (TPSA) is 73.9 Å². The number of amides is 1. The van der Waals surface area contributed by atoms with Crippen LogP contribution < -0.4 is 14.8 Å². The van der Waals surface area contributed by atoms with Gasteiger partial charge in [-0.15, -0.1) is 0 Å². The number of rotatable bonds is 7. The van der Waals surface area contributed by atoms with Crippen LogP contribution in [0.3, 0.4) is 0 Å². The van der Waals surface area contributed by atoms with Crippen LogP contribution in [-0.2, 0) is 9.53 Å². The number of hydrogen-bond donors (Lipinski definition) is 1. The van der Waals surface area contributed by atoms with Crippen molar-refractivity contribution in [2.45, 2.75) is 6.92 Å². The van der Waals surface area contributed by atoms with Crippen molar-refractivity contribution in [1.82, 2.24) is 0 Å². The Bertz CT molecular complexity index is 714. The number of ether oxygens (including phenoxy) is 3. The van der Waals surface area contributed by atoms with Gasteiger partial charge in [-0.05, 0) is 37.3 Å². The van der Waals surface area contributed by atoms with Crippen LogP contribution in [0, 0.1) is 0 Å². The summed E-state index contributed by atoms with van der Waals surface area (Å²) in [5.41, 5.74) is 0.991. The SMILES string of the molecule is CCOC(=O)c1cccc(OCC(=O)Nc2cccc(OC)c2)c1. The first-order valence-electron chi connectivity index (χ1n) is 7.46. The normalized spacial score (nSPS) is 9.92. The summed E-state index contributed by atoms with van der Waals surface area (Å²) in [7, 11) is 1.56. The van der Waals surface area contributed by atoms with Gasteiger partial charge in [0.25, 0.3) is 5.91 Å². The van der Waals surface area contributed by atoms with Crippen LogP contribution in [0.1, 0.15) is 17.3 Å². The maximum absolute atomic E-state index is 11.9. The molecule has 0 heterocycles. The summed E-state index contributed by atoms with van der Waals surface area (Å²) in [5.74, 6) is 0.325. The van der Waals surface area contributed by atoms with Gasteiger partial charge in [-0.2, -0.15) is 0 Å². The molecule has 0 aliphatic rings. The molecule has 6 nitrogen and oxygen atoms in total. The lowest BCUT2D eigenvalue weighted by atomic mass is 10.2. The number of carbonyl (C=O) groups is 2. The minimum Gasteiger partial charge on any atom is -0.497 e. The van der Waals surface area contributed by atoms with Gasteiger partial charge in [0.2, 0.25) is 0 Å². The molecule has 0 saturated carbocycles. The average molecular weight is 329 g/mol. The van der Waals surface area contributed by atoms with Crippen LogP contribution in [0.25, 0.3) is 0 Å². The largest absolute Gasteiger partial charge is 0.497 e. The monoisotopic (exact) mass is 329 g/mol. The highest BCUT2D eigenvalue weighted by molar-refractivity contribution is 5.92. The smallest absolute Gasteiger partial charge is 0.338 e. The van der Waals surface area contributed by atoms with Crippen molar-refractivity contribution in [2.75, 3.05) is 25.6 Å². The molecule has 2 aromatic rings. The fourth-order valence-electron chi connectivity index (χ4n) is 1.97. The number of hydrogen-bond acceptors (Lipinski definition) is 5. The molecule has 0 spiro atoms. The molecular formula is C18H19NO5. The number of benzene rings is 2. The first-order valence-corrected chi connectivity index (χ1v) is 7.46. The minimum atomic E-state index is -0.427. The highest BCUT2D eigenvalue weighted by atomic mass is 16.5. The summed E-state index contributed by atoms with van der Waals surface area (Å²) in [4.78, 5) is 23.6. The Balaban J connectivity index is 1.91. The Morgan fingerprint density at radius 3 is 2.54 bits per heavy atom. The zero-order valence-corrected chi connectivity index (χ0v) is 13.6. The molecule has 0 bridgehead atoms. The van der Waals surface area contributed by atoms with E-state index < -0.39 is 5.97 Å². The number of nitrogens with one attached hydrogen (secondary N) is 1. The van der Waals surface area contributed by atoms with Crippen LogP contribution in [0.2, 0.25) is 0 Å². The van der Waals surface area contributed by atoms with Crippen molar-refractivity contribution < 1.29 is 23.8 Å². The summed E-state index contributed by atoms with van der Waals surface area (Å²) in [6, 6.07) is 13.5. The Kier molecular flexibility index (Phi) is 6.19. The molecule has 0 aromatic heterocycles. The number of methoxy groups -OCH3 is 1. The fraction of sp³-hybridized carbons (Fsp3) is 0.222. The maximum Gasteiger partial charge on any atom is 0.338 e. The summed E-state index contributed by atoms with van der Waals surface area (Å²) < 4.78 is 15.4. The van der Waals surface area contributed by atoms with Gasteiger partial charge < -0.3 is 19.5 Å². The van der Waals surface area contributed by atoms with E-state index in [1.54, 1.807) is 56.5 Å². The van der Waals surface area contributed by atoms with Crippen molar-refractivity contribution in [3.05, 3.63) is 54.1 Å². The van der Waals surface area contributed by atoms with Crippen LogP contribution >= 0.6 is 0 Å². The third kappa shape index (κ3) is 5.01. The average Bonchev–Trinajstić information content (AvgIpc) is 2.60. The summed E-state index contributed by atoms with van der Waals surface area (Å²) in [6.07, 6.45) is 0. The second-order valence-corrected chi connectivity index (χ2v) is 4.82. The van der Waals surface area contributed by atoms with E-state index in [4.69, 9.17) is 14.2 Å². The molecule has 2 aromatic carbocycles. The van der Waals surface area contributed by atoms with Gasteiger partial charge in [0.1, 0.15) is 11.5 Å². The molecule has 24 heavy (non-hydrogen) atoms. The van der Waals surface area contributed by atoms with Gasteiger partial charge in [-0.25, -0.2) is 4.79 Å². The quantitative estimate of drug-likeness (QED) is 0.791. The molecule has 6 heteroatoms. The van der Waals surface area contributed by atoms with E-state index in [0.29, 0.717) is 29.4 Å². The third-order valence-corrected chi connectivity index (χ3v) is 3.07. The molecule has 0 saturated heterocycles. The van der Waals surface area contributed by atoms with Gasteiger partial charge in [0, 0.05) is 11.8 Å². The third-order valence-electron chi connectivity index (χ3n) is 3.07. The number of carbonyl (C=O) groups excluding carboxylic acids is 2. The lowest BCUT2D eigenvalue weighted by molar-refractivity contribution is -0.118. The van der Waals surface area contributed by atoms with Gasteiger partial charge in [-0.1, -0.05) is 12.1 Å². The molecule has 2 rings (SSSR count). The highest BCUT2D eigenvalue weighted by Gasteiger charge is 2.09. The molecule has 0 unspecified atom stereocenters. The molecule has 1 N–H and O–H groups in total. The summed E-state index contributed by atoms with van der Waals surface area (Å²) in [5, 5.41) is 2.71. The van der Waals surface area contributed by atoms with Crippen LogP contribution in [0.15, 0.2) is 48.5 Å². The van der Waals surface area contributed by atoms with E-state index in [1.807, 2.05) is 0 Å². The van der Waals surface area contributed by atoms with E-state index in [1.165, 1.54) is 6.07 Å². The second kappa shape index (κ2) is 8.57. The van der Waals surface area contributed by atoms with Gasteiger partial charge in [-0.3, -0.25) is 4.79 Å². The highest BCUT2D eigenvalue weighted by Crippen LogP contribution is 2.17. The van der Waals surface area contributed by atoms with Gasteiger partial charge in [0.15, 0.2) is 6.61 Å². The Morgan fingerprint density at radius 2 is 1.79 bits per heavy atom. The van der Waals surface area contributed by atoms with Crippen molar-refractivity contribution >= 4 is 17.6 Å². The lowest BCUT2D eigenvalue weighted by Crippen LogP contribution is -2.20. The Morgan fingerprint density at radius 1 is 1.04 bits per heavy atom. The predicted molar refractivity (Wildman–Crippen MR) is 89.5 cm³/mol. The zero-order valence-electron chi connectivity index (χ0n) is 13.6. The second-order valence-electron chi connectivity index (χ2n) is 4.82. The van der Waals surface area contributed by atoms with Gasteiger partial charge >= 0.3 is 5.97 Å². The predicted octanol–water partition coefficient (Wildman–Crippen LogP) is 2.89. The fourth-order valence-corrected chi connectivity index (χ4v) is 1.97. The summed E-state index contributed by atoms with van der Waals surface area (Å²) >= 11 is 0. The van der Waals surface area contributed by atoms with E-state index in [-0.39, 0.29) is 12.5 Å². The number of anilines is 1. The first-order chi connectivity index (χ1) is 11.6. The van der Waals surface area contributed by atoms with Crippen molar-refractivity contribution in [3.63, 3.8) is 0 Å². The van der Waals surface area contributed by atoms with E-state index in [0.717, 1.165) is 0 Å². The molecule has 0 aliphatic carbocycles. The number of esters is 1. The molecule has 0 atom stereocenters. The van der Waals surface area contributed by atoms with Crippen LogP contribution in [-0.4, -0.2) is 32.2 Å². The molecule has 0 fully saturated rings. The molecular weight excluding hydrogens is 310 g/mol. The van der Waals surface area contributed by atoms with Crippen LogP contribution in [0.5, 0.6) is 11.5 Å². The molecule has 0 aliphatic heterocycles. The van der Waals surface area contributed by atoms with E-state index in [2.05, 4.69) is 5.32 Å².